The SMILES string of the molecule is Cc1cc(C)cc([C@@H]2CCCC[C@H]2Oc2cccc(O[C@@H]3CCCC[C@H]3c3cc(C)cc(C)c3)c2O)c1. The fourth-order valence-electron chi connectivity index (χ4n) is 6.70. The van der Waals surface area contributed by atoms with Gasteiger partial charge in [-0.2, -0.15) is 0 Å². The molecule has 3 aromatic carbocycles. The second-order valence-corrected chi connectivity index (χ2v) is 11.5. The Morgan fingerprint density at radius 3 is 1.35 bits per heavy atom. The van der Waals surface area contributed by atoms with Gasteiger partial charge in [0.15, 0.2) is 11.5 Å². The zero-order chi connectivity index (χ0) is 25.9. The summed E-state index contributed by atoms with van der Waals surface area (Å²) in [5.41, 5.74) is 7.89. The van der Waals surface area contributed by atoms with Gasteiger partial charge >= 0.3 is 0 Å². The van der Waals surface area contributed by atoms with Crippen LogP contribution in [0.1, 0.15) is 96.6 Å². The maximum Gasteiger partial charge on any atom is 0.200 e. The average Bonchev–Trinajstić information content (AvgIpc) is 2.86. The zero-order valence-electron chi connectivity index (χ0n) is 22.9. The molecule has 196 valence electrons. The van der Waals surface area contributed by atoms with Crippen molar-refractivity contribution in [3.05, 3.63) is 88.0 Å². The van der Waals surface area contributed by atoms with E-state index in [-0.39, 0.29) is 18.0 Å². The summed E-state index contributed by atoms with van der Waals surface area (Å²) in [6.07, 6.45) is 9.07. The fraction of sp³-hybridized carbons (Fsp3) is 0.471. The van der Waals surface area contributed by atoms with Crippen molar-refractivity contribution in [3.63, 3.8) is 0 Å². The summed E-state index contributed by atoms with van der Waals surface area (Å²) < 4.78 is 13.2. The molecule has 0 radical (unpaired) electrons. The molecular weight excluding hydrogens is 456 g/mol. The van der Waals surface area contributed by atoms with Gasteiger partial charge in [-0.15, -0.1) is 0 Å². The lowest BCUT2D eigenvalue weighted by molar-refractivity contribution is 0.114. The van der Waals surface area contributed by atoms with Crippen LogP contribution in [0, 0.1) is 27.7 Å². The van der Waals surface area contributed by atoms with Crippen LogP contribution in [0.5, 0.6) is 17.2 Å². The van der Waals surface area contributed by atoms with Crippen molar-refractivity contribution >= 4 is 0 Å². The van der Waals surface area contributed by atoms with Crippen LogP contribution in [0.25, 0.3) is 0 Å². The van der Waals surface area contributed by atoms with Crippen LogP contribution in [0.4, 0.5) is 0 Å². The molecule has 2 aliphatic carbocycles. The van der Waals surface area contributed by atoms with Gasteiger partial charge in [-0.3, -0.25) is 0 Å². The quantitative estimate of drug-likeness (QED) is 0.369. The molecule has 0 unspecified atom stereocenters. The standard InChI is InChI=1S/C34H42O3/c1-22-16-23(2)19-26(18-22)28-10-5-7-12-30(28)36-32-14-9-15-33(34(32)35)37-31-13-8-6-11-29(31)27-20-24(3)17-25(4)21-27/h9,14-21,28-31,35H,5-8,10-13H2,1-4H3/t28-,29-,30+,31+/m0/s1. The van der Waals surface area contributed by atoms with E-state index in [2.05, 4.69) is 64.1 Å². The molecule has 5 rings (SSSR count). The number of benzene rings is 3. The van der Waals surface area contributed by atoms with E-state index < -0.39 is 0 Å². The summed E-state index contributed by atoms with van der Waals surface area (Å²) >= 11 is 0. The number of hydrogen-bond acceptors (Lipinski definition) is 3. The first-order valence-corrected chi connectivity index (χ1v) is 14.2. The number of phenolic OH excluding ortho intramolecular Hbond substituents is 1. The van der Waals surface area contributed by atoms with Gasteiger partial charge in [0.1, 0.15) is 12.2 Å². The number of hydrogen-bond donors (Lipinski definition) is 1. The Kier molecular flexibility index (Phi) is 7.79. The van der Waals surface area contributed by atoms with Crippen LogP contribution < -0.4 is 9.47 Å². The summed E-state index contributed by atoms with van der Waals surface area (Å²) in [4.78, 5) is 0. The average molecular weight is 499 g/mol. The first kappa shape index (κ1) is 25.7. The number of aryl methyl sites for hydroxylation is 4. The lowest BCUT2D eigenvalue weighted by Gasteiger charge is -2.34. The van der Waals surface area contributed by atoms with Crippen LogP contribution in [-0.2, 0) is 0 Å². The lowest BCUT2D eigenvalue weighted by Crippen LogP contribution is -2.29. The zero-order valence-corrected chi connectivity index (χ0v) is 22.9. The molecule has 4 atom stereocenters. The molecule has 2 saturated carbocycles. The maximum atomic E-state index is 11.3. The Morgan fingerprint density at radius 1 is 0.568 bits per heavy atom. The highest BCUT2D eigenvalue weighted by Gasteiger charge is 2.32. The highest BCUT2D eigenvalue weighted by atomic mass is 16.5. The van der Waals surface area contributed by atoms with Crippen molar-refractivity contribution < 1.29 is 14.6 Å². The van der Waals surface area contributed by atoms with Crippen molar-refractivity contribution in [1.82, 2.24) is 0 Å². The third-order valence-corrected chi connectivity index (χ3v) is 8.27. The predicted octanol–water partition coefficient (Wildman–Crippen LogP) is 8.84. The summed E-state index contributed by atoms with van der Waals surface area (Å²) in [7, 11) is 0. The molecule has 2 fully saturated rings. The van der Waals surface area contributed by atoms with Gasteiger partial charge in [-0.05, 0) is 89.5 Å². The summed E-state index contributed by atoms with van der Waals surface area (Å²) in [6.45, 7) is 8.66. The van der Waals surface area contributed by atoms with Crippen LogP contribution in [0.2, 0.25) is 0 Å². The van der Waals surface area contributed by atoms with Gasteiger partial charge < -0.3 is 14.6 Å². The minimum atomic E-state index is 0.0498. The van der Waals surface area contributed by atoms with E-state index in [1.165, 1.54) is 46.2 Å². The van der Waals surface area contributed by atoms with E-state index in [1.807, 2.05) is 18.2 Å². The van der Waals surface area contributed by atoms with Crippen LogP contribution in [0.15, 0.2) is 54.6 Å². The maximum absolute atomic E-state index is 11.3. The smallest absolute Gasteiger partial charge is 0.200 e. The number of rotatable bonds is 6. The molecule has 3 heteroatoms. The molecule has 0 saturated heterocycles. The van der Waals surface area contributed by atoms with Crippen molar-refractivity contribution in [3.8, 4) is 17.2 Å². The van der Waals surface area contributed by atoms with Crippen LogP contribution in [-0.4, -0.2) is 17.3 Å². The Hall–Kier alpha value is -2.94. The number of aromatic hydroxyl groups is 1. The van der Waals surface area contributed by atoms with E-state index in [9.17, 15) is 5.11 Å². The Morgan fingerprint density at radius 2 is 0.946 bits per heavy atom. The molecule has 0 amide bonds. The molecule has 0 spiro atoms. The van der Waals surface area contributed by atoms with Crippen molar-refractivity contribution in [2.24, 2.45) is 0 Å². The van der Waals surface area contributed by atoms with Gasteiger partial charge in [0.05, 0.1) is 0 Å². The summed E-state index contributed by atoms with van der Waals surface area (Å²) in [6, 6.07) is 19.4. The lowest BCUT2D eigenvalue weighted by atomic mass is 9.80. The van der Waals surface area contributed by atoms with E-state index >= 15 is 0 Å². The van der Waals surface area contributed by atoms with E-state index in [4.69, 9.17) is 9.47 Å². The van der Waals surface area contributed by atoms with Crippen molar-refractivity contribution in [1.29, 1.82) is 0 Å². The van der Waals surface area contributed by atoms with E-state index in [1.54, 1.807) is 0 Å². The molecule has 1 N–H and O–H groups in total. The normalized spacial score (nSPS) is 24.0. The van der Waals surface area contributed by atoms with Gasteiger partial charge in [-0.1, -0.05) is 77.6 Å². The molecule has 0 aromatic heterocycles. The molecule has 2 aliphatic rings. The minimum Gasteiger partial charge on any atom is -0.502 e. The molecule has 0 heterocycles. The first-order valence-electron chi connectivity index (χ1n) is 14.2. The van der Waals surface area contributed by atoms with Gasteiger partial charge in [0.25, 0.3) is 0 Å². The molecule has 3 aromatic rings. The third kappa shape index (κ3) is 5.98. The van der Waals surface area contributed by atoms with Gasteiger partial charge in [-0.25, -0.2) is 0 Å². The second kappa shape index (κ2) is 11.2. The predicted molar refractivity (Wildman–Crippen MR) is 151 cm³/mol. The number of ether oxygens (including phenoxy) is 2. The third-order valence-electron chi connectivity index (χ3n) is 8.27. The minimum absolute atomic E-state index is 0.0498. The molecule has 0 aliphatic heterocycles. The Bertz CT molecular complexity index is 1100. The molecule has 0 bridgehead atoms. The highest BCUT2D eigenvalue weighted by molar-refractivity contribution is 5.50. The number of phenols is 1. The topological polar surface area (TPSA) is 38.7 Å². The molecule has 3 nitrogen and oxygen atoms in total. The van der Waals surface area contributed by atoms with Crippen LogP contribution in [0.3, 0.4) is 0 Å². The summed E-state index contributed by atoms with van der Waals surface area (Å²) in [5, 5.41) is 11.3. The number of para-hydroxylation sites is 1. The van der Waals surface area contributed by atoms with Crippen molar-refractivity contribution in [2.45, 2.75) is 103 Å². The van der Waals surface area contributed by atoms with Crippen LogP contribution >= 0.6 is 0 Å². The largest absolute Gasteiger partial charge is 0.502 e. The summed E-state index contributed by atoms with van der Waals surface area (Å²) in [5.74, 6) is 1.89. The molecular formula is C34H42O3. The van der Waals surface area contributed by atoms with E-state index in [0.717, 1.165) is 38.5 Å². The Balaban J connectivity index is 1.36. The fourth-order valence-corrected chi connectivity index (χ4v) is 6.70. The van der Waals surface area contributed by atoms with E-state index in [0.29, 0.717) is 23.3 Å². The van der Waals surface area contributed by atoms with Crippen molar-refractivity contribution in [2.75, 3.05) is 0 Å². The monoisotopic (exact) mass is 498 g/mol. The first-order chi connectivity index (χ1) is 17.9. The Labute approximate surface area is 222 Å². The van der Waals surface area contributed by atoms with Gasteiger partial charge in [0, 0.05) is 11.8 Å². The van der Waals surface area contributed by atoms with Gasteiger partial charge in [0.2, 0.25) is 5.75 Å². The molecule has 37 heavy (non-hydrogen) atoms. The second-order valence-electron chi connectivity index (χ2n) is 11.5. The highest BCUT2D eigenvalue weighted by Crippen LogP contribution is 2.44.